The summed E-state index contributed by atoms with van der Waals surface area (Å²) in [4.78, 5) is 37.1. The molecule has 1 atom stereocenters. The molecule has 0 radical (unpaired) electrons. The van der Waals surface area contributed by atoms with Gasteiger partial charge in [-0.25, -0.2) is 18.4 Å². The Hall–Kier alpha value is -3.24. The molecule has 4 amide bonds. The van der Waals surface area contributed by atoms with E-state index in [9.17, 15) is 22.8 Å². The van der Waals surface area contributed by atoms with Gasteiger partial charge in [0, 0.05) is 12.7 Å². The first-order valence-electron chi connectivity index (χ1n) is 8.24. The summed E-state index contributed by atoms with van der Waals surface area (Å²) in [5.74, 6) is -0.806. The monoisotopic (exact) mass is 402 g/mol. The first-order chi connectivity index (χ1) is 13.1. The minimum atomic E-state index is -3.78. The highest BCUT2D eigenvalue weighted by molar-refractivity contribution is 7.89. The molecular weight excluding hydrogens is 384 g/mol. The largest absolute Gasteiger partial charge is 0.331 e. The van der Waals surface area contributed by atoms with Gasteiger partial charge in [-0.15, -0.1) is 0 Å². The molecule has 0 bridgehead atoms. The number of benzene rings is 2. The lowest BCUT2D eigenvalue weighted by molar-refractivity contribution is 0.0693. The molecule has 0 fully saturated rings. The molecule has 2 aromatic carbocycles. The zero-order valence-electron chi connectivity index (χ0n) is 15.1. The molecule has 1 unspecified atom stereocenters. The number of amides is 4. The van der Waals surface area contributed by atoms with Crippen LogP contribution in [-0.4, -0.2) is 38.2 Å². The molecule has 3 rings (SSSR count). The highest BCUT2D eigenvalue weighted by Crippen LogP contribution is 2.25. The highest BCUT2D eigenvalue weighted by Gasteiger charge is 2.32. The molecule has 1 aliphatic heterocycles. The van der Waals surface area contributed by atoms with E-state index in [4.69, 9.17) is 5.14 Å². The normalized spacial score (nSPS) is 14.6. The number of hydrogen-bond acceptors (Lipinski definition) is 5. The number of primary sulfonamides is 1. The predicted molar refractivity (Wildman–Crippen MR) is 101 cm³/mol. The van der Waals surface area contributed by atoms with Crippen LogP contribution in [0.5, 0.6) is 0 Å². The van der Waals surface area contributed by atoms with E-state index in [2.05, 4.69) is 10.6 Å². The van der Waals surface area contributed by atoms with Gasteiger partial charge in [-0.3, -0.25) is 14.5 Å². The topological polar surface area (TPSA) is 139 Å². The SMILES string of the molecule is CC(NC(=O)Nc1ccc2c(c1)C(=O)N(C)C2=O)c1ccc(S(N)(=O)=O)cc1. The number of nitrogens with two attached hydrogens (primary N) is 1. The maximum Gasteiger partial charge on any atom is 0.319 e. The number of sulfonamides is 1. The first-order valence-corrected chi connectivity index (χ1v) is 9.79. The average molecular weight is 402 g/mol. The van der Waals surface area contributed by atoms with Gasteiger partial charge in [0.25, 0.3) is 11.8 Å². The van der Waals surface area contributed by atoms with Crippen molar-refractivity contribution in [1.82, 2.24) is 10.2 Å². The fourth-order valence-electron chi connectivity index (χ4n) is 2.83. The molecule has 0 aliphatic carbocycles. The second-order valence-electron chi connectivity index (χ2n) is 6.36. The third-order valence-corrected chi connectivity index (χ3v) is 5.33. The van der Waals surface area contributed by atoms with Crippen LogP contribution < -0.4 is 15.8 Å². The fraction of sp³-hybridized carbons (Fsp3) is 0.167. The van der Waals surface area contributed by atoms with Crippen LogP contribution in [0.25, 0.3) is 0 Å². The van der Waals surface area contributed by atoms with Gasteiger partial charge in [-0.2, -0.15) is 0 Å². The van der Waals surface area contributed by atoms with Crippen LogP contribution in [0.4, 0.5) is 10.5 Å². The van der Waals surface area contributed by atoms with E-state index >= 15 is 0 Å². The van der Waals surface area contributed by atoms with Gasteiger partial charge in [0.2, 0.25) is 10.0 Å². The number of rotatable bonds is 4. The van der Waals surface area contributed by atoms with Gasteiger partial charge in [0.15, 0.2) is 0 Å². The van der Waals surface area contributed by atoms with Crippen LogP contribution in [0.3, 0.4) is 0 Å². The third-order valence-electron chi connectivity index (χ3n) is 4.40. The molecule has 0 aromatic heterocycles. The molecule has 4 N–H and O–H groups in total. The minimum Gasteiger partial charge on any atom is -0.331 e. The standard InChI is InChI=1S/C18H18N4O5S/c1-10(11-3-6-13(7-4-11)28(19,26)27)20-18(25)21-12-5-8-14-15(9-12)17(24)22(2)16(14)23/h3-10H,1-2H3,(H2,19,26,27)(H2,20,21,25). The molecule has 1 aliphatic rings. The van der Waals surface area contributed by atoms with Crippen molar-refractivity contribution in [2.45, 2.75) is 17.9 Å². The number of imide groups is 1. The van der Waals surface area contributed by atoms with Crippen molar-refractivity contribution in [1.29, 1.82) is 0 Å². The first kappa shape index (κ1) is 19.5. The van der Waals surface area contributed by atoms with Gasteiger partial charge in [-0.1, -0.05) is 12.1 Å². The number of nitrogens with zero attached hydrogens (tertiary/aromatic N) is 1. The lowest BCUT2D eigenvalue weighted by atomic mass is 10.1. The second-order valence-corrected chi connectivity index (χ2v) is 7.93. The van der Waals surface area contributed by atoms with E-state index in [1.165, 1.54) is 37.4 Å². The second kappa shape index (κ2) is 7.06. The lowest BCUT2D eigenvalue weighted by Crippen LogP contribution is -2.31. The van der Waals surface area contributed by atoms with E-state index in [0.29, 0.717) is 16.8 Å². The van der Waals surface area contributed by atoms with Crippen LogP contribution in [0.15, 0.2) is 47.4 Å². The maximum absolute atomic E-state index is 12.2. The average Bonchev–Trinajstić information content (AvgIpc) is 2.85. The van der Waals surface area contributed by atoms with E-state index < -0.39 is 28.0 Å². The van der Waals surface area contributed by atoms with Crippen molar-refractivity contribution >= 4 is 33.6 Å². The zero-order valence-corrected chi connectivity index (χ0v) is 15.9. The van der Waals surface area contributed by atoms with E-state index in [-0.39, 0.29) is 16.4 Å². The van der Waals surface area contributed by atoms with Crippen molar-refractivity contribution in [3.63, 3.8) is 0 Å². The molecule has 9 nitrogen and oxygen atoms in total. The molecule has 0 saturated carbocycles. The Morgan fingerprint density at radius 1 is 1.04 bits per heavy atom. The summed E-state index contributed by atoms with van der Waals surface area (Å²) in [7, 11) is -2.38. The summed E-state index contributed by atoms with van der Waals surface area (Å²) in [6.07, 6.45) is 0. The summed E-state index contributed by atoms with van der Waals surface area (Å²) in [6, 6.07) is 9.37. The minimum absolute atomic E-state index is 0.0183. The Bertz CT molecular complexity index is 1080. The van der Waals surface area contributed by atoms with Crippen LogP contribution in [-0.2, 0) is 10.0 Å². The van der Waals surface area contributed by atoms with Gasteiger partial charge < -0.3 is 10.6 Å². The van der Waals surface area contributed by atoms with E-state index in [0.717, 1.165) is 4.90 Å². The van der Waals surface area contributed by atoms with Crippen LogP contribution in [0.2, 0.25) is 0 Å². The summed E-state index contributed by atoms with van der Waals surface area (Å²) < 4.78 is 22.6. The maximum atomic E-state index is 12.2. The molecule has 28 heavy (non-hydrogen) atoms. The number of carbonyl (C=O) groups is 3. The number of carbonyl (C=O) groups excluding carboxylic acids is 3. The van der Waals surface area contributed by atoms with Gasteiger partial charge in [-0.05, 0) is 42.8 Å². The quantitative estimate of drug-likeness (QED) is 0.664. The van der Waals surface area contributed by atoms with Crippen molar-refractivity contribution in [2.24, 2.45) is 5.14 Å². The van der Waals surface area contributed by atoms with Crippen molar-refractivity contribution < 1.29 is 22.8 Å². The third kappa shape index (κ3) is 3.73. The predicted octanol–water partition coefficient (Wildman–Crippen LogP) is 1.44. The molecule has 2 aromatic rings. The summed E-state index contributed by atoms with van der Waals surface area (Å²) in [5.41, 5.74) is 1.57. The van der Waals surface area contributed by atoms with Crippen molar-refractivity contribution in [3.05, 3.63) is 59.2 Å². The lowest BCUT2D eigenvalue weighted by Gasteiger charge is -2.15. The Labute approximate surface area is 161 Å². The molecule has 1 heterocycles. The highest BCUT2D eigenvalue weighted by atomic mass is 32.2. The number of urea groups is 1. The molecule has 146 valence electrons. The number of hydrogen-bond donors (Lipinski definition) is 3. The Morgan fingerprint density at radius 2 is 1.64 bits per heavy atom. The van der Waals surface area contributed by atoms with Crippen molar-refractivity contribution in [3.8, 4) is 0 Å². The van der Waals surface area contributed by atoms with Crippen molar-refractivity contribution in [2.75, 3.05) is 12.4 Å². The van der Waals surface area contributed by atoms with Crippen LogP contribution >= 0.6 is 0 Å². The molecule has 0 spiro atoms. The Morgan fingerprint density at radius 3 is 2.25 bits per heavy atom. The van der Waals surface area contributed by atoms with Gasteiger partial charge in [0.1, 0.15) is 0 Å². The number of fused-ring (bicyclic) bond motifs is 1. The summed E-state index contributed by atoms with van der Waals surface area (Å²) in [5, 5.41) is 10.4. The van der Waals surface area contributed by atoms with Crippen LogP contribution in [0, 0.1) is 0 Å². The van der Waals surface area contributed by atoms with Crippen LogP contribution in [0.1, 0.15) is 39.2 Å². The van der Waals surface area contributed by atoms with E-state index in [1.54, 1.807) is 19.1 Å². The summed E-state index contributed by atoms with van der Waals surface area (Å²) in [6.45, 7) is 1.73. The van der Waals surface area contributed by atoms with Gasteiger partial charge in [0.05, 0.1) is 22.1 Å². The molecule has 10 heteroatoms. The number of nitrogens with one attached hydrogen (secondary N) is 2. The van der Waals surface area contributed by atoms with Gasteiger partial charge >= 0.3 is 6.03 Å². The summed E-state index contributed by atoms with van der Waals surface area (Å²) >= 11 is 0. The number of anilines is 1. The Balaban J connectivity index is 1.68. The Kier molecular flexibility index (Phi) is 4.92. The zero-order chi connectivity index (χ0) is 20.6. The molecular formula is C18H18N4O5S. The smallest absolute Gasteiger partial charge is 0.319 e. The van der Waals surface area contributed by atoms with E-state index in [1.807, 2.05) is 0 Å². The fourth-order valence-corrected chi connectivity index (χ4v) is 3.35. The molecule has 0 saturated heterocycles.